The van der Waals surface area contributed by atoms with Crippen molar-refractivity contribution in [2.45, 2.75) is 18.9 Å². The van der Waals surface area contributed by atoms with Gasteiger partial charge in [-0.3, -0.25) is 14.8 Å². The maximum Gasteiger partial charge on any atom is 0.273 e. The number of nitrogens with one attached hydrogen (secondary N) is 1. The van der Waals surface area contributed by atoms with Crippen molar-refractivity contribution in [1.29, 1.82) is 0 Å². The summed E-state index contributed by atoms with van der Waals surface area (Å²) in [5.74, 6) is 0.737. The number of hydrogen-bond donors (Lipinski definition) is 1. The van der Waals surface area contributed by atoms with Crippen LogP contribution in [0.3, 0.4) is 0 Å². The SMILES string of the molecule is O=C(c1ccccn1)N1CCCC1c1ccc(Nc2ccccn2)cn1. The number of hydrogen-bond acceptors (Lipinski definition) is 5. The van der Waals surface area contributed by atoms with Crippen molar-refractivity contribution in [3.05, 3.63) is 78.5 Å². The Kier molecular flexibility index (Phi) is 4.55. The van der Waals surface area contributed by atoms with Crippen LogP contribution in [0.4, 0.5) is 11.5 Å². The van der Waals surface area contributed by atoms with Crippen LogP contribution in [0.5, 0.6) is 0 Å². The van der Waals surface area contributed by atoms with E-state index in [-0.39, 0.29) is 11.9 Å². The molecule has 1 aliphatic rings. The minimum atomic E-state index is -0.0365. The third-order valence-electron chi connectivity index (χ3n) is 4.46. The van der Waals surface area contributed by atoms with Gasteiger partial charge in [0.2, 0.25) is 0 Å². The molecule has 1 fully saturated rings. The van der Waals surface area contributed by atoms with Gasteiger partial charge < -0.3 is 10.2 Å². The summed E-state index contributed by atoms with van der Waals surface area (Å²) in [6.07, 6.45) is 7.06. The zero-order chi connectivity index (χ0) is 17.8. The lowest BCUT2D eigenvalue weighted by Crippen LogP contribution is -2.31. The summed E-state index contributed by atoms with van der Waals surface area (Å²) < 4.78 is 0. The molecule has 1 N–H and O–H groups in total. The molecule has 0 aliphatic carbocycles. The Labute approximate surface area is 151 Å². The molecule has 4 heterocycles. The van der Waals surface area contributed by atoms with E-state index in [0.717, 1.165) is 36.6 Å². The minimum absolute atomic E-state index is 0.00611. The Morgan fingerprint density at radius 3 is 2.54 bits per heavy atom. The Morgan fingerprint density at radius 2 is 1.85 bits per heavy atom. The smallest absolute Gasteiger partial charge is 0.273 e. The van der Waals surface area contributed by atoms with Crippen LogP contribution in [-0.4, -0.2) is 32.3 Å². The highest BCUT2D eigenvalue weighted by molar-refractivity contribution is 5.92. The standard InChI is InChI=1S/C20H19N5O/c26-20(17-6-1-3-11-21-17)25-13-5-7-18(25)16-10-9-15(14-23-16)24-19-8-2-4-12-22-19/h1-4,6,8-12,14,18H,5,7,13H2,(H,22,24). The summed E-state index contributed by atoms with van der Waals surface area (Å²) in [5.41, 5.74) is 2.25. The second kappa shape index (κ2) is 7.31. The van der Waals surface area contributed by atoms with Gasteiger partial charge in [0.05, 0.1) is 23.6 Å². The number of anilines is 2. The third-order valence-corrected chi connectivity index (χ3v) is 4.46. The van der Waals surface area contributed by atoms with E-state index in [1.54, 1.807) is 24.7 Å². The molecule has 0 radical (unpaired) electrons. The summed E-state index contributed by atoms with van der Waals surface area (Å²) >= 11 is 0. The number of likely N-dealkylation sites (tertiary alicyclic amines) is 1. The normalized spacial score (nSPS) is 16.5. The predicted octanol–water partition coefficient (Wildman–Crippen LogP) is 3.59. The molecule has 1 atom stereocenters. The van der Waals surface area contributed by atoms with Gasteiger partial charge in [-0.05, 0) is 49.2 Å². The van der Waals surface area contributed by atoms with Crippen LogP contribution in [0.2, 0.25) is 0 Å². The average Bonchev–Trinajstić information content (AvgIpc) is 3.19. The fraction of sp³-hybridized carbons (Fsp3) is 0.200. The number of amides is 1. The largest absolute Gasteiger partial charge is 0.339 e. The van der Waals surface area contributed by atoms with E-state index in [1.165, 1.54) is 0 Å². The van der Waals surface area contributed by atoms with Gasteiger partial charge in [-0.1, -0.05) is 12.1 Å². The first-order chi connectivity index (χ1) is 12.8. The molecule has 0 bridgehead atoms. The van der Waals surface area contributed by atoms with Gasteiger partial charge in [0.15, 0.2) is 0 Å². The van der Waals surface area contributed by atoms with Gasteiger partial charge in [0, 0.05) is 18.9 Å². The highest BCUT2D eigenvalue weighted by Gasteiger charge is 2.31. The van der Waals surface area contributed by atoms with Crippen molar-refractivity contribution in [2.75, 3.05) is 11.9 Å². The molecule has 0 spiro atoms. The van der Waals surface area contributed by atoms with Crippen molar-refractivity contribution in [2.24, 2.45) is 0 Å². The van der Waals surface area contributed by atoms with Crippen LogP contribution in [0.25, 0.3) is 0 Å². The molecular weight excluding hydrogens is 326 g/mol. The van der Waals surface area contributed by atoms with E-state index in [4.69, 9.17) is 0 Å². The lowest BCUT2D eigenvalue weighted by atomic mass is 10.1. The number of carbonyl (C=O) groups excluding carboxylic acids is 1. The van der Waals surface area contributed by atoms with Gasteiger partial charge in [0.25, 0.3) is 5.91 Å². The van der Waals surface area contributed by atoms with Crippen LogP contribution < -0.4 is 5.32 Å². The van der Waals surface area contributed by atoms with E-state index in [0.29, 0.717) is 5.69 Å². The predicted molar refractivity (Wildman–Crippen MR) is 99.0 cm³/mol. The van der Waals surface area contributed by atoms with Crippen LogP contribution in [0, 0.1) is 0 Å². The first-order valence-electron chi connectivity index (χ1n) is 8.67. The van der Waals surface area contributed by atoms with E-state index < -0.39 is 0 Å². The topological polar surface area (TPSA) is 71.0 Å². The molecule has 3 aromatic rings. The Balaban J connectivity index is 1.50. The second-order valence-electron chi connectivity index (χ2n) is 6.18. The molecule has 3 aromatic heterocycles. The van der Waals surface area contributed by atoms with Crippen molar-refractivity contribution in [3.63, 3.8) is 0 Å². The number of aromatic nitrogens is 3. The molecule has 26 heavy (non-hydrogen) atoms. The first kappa shape index (κ1) is 16.2. The summed E-state index contributed by atoms with van der Waals surface area (Å²) in [4.78, 5) is 27.6. The molecule has 6 nitrogen and oxygen atoms in total. The van der Waals surface area contributed by atoms with Crippen molar-refractivity contribution >= 4 is 17.4 Å². The van der Waals surface area contributed by atoms with Crippen molar-refractivity contribution in [1.82, 2.24) is 19.9 Å². The lowest BCUT2D eigenvalue weighted by Gasteiger charge is -2.24. The maximum absolute atomic E-state index is 12.8. The van der Waals surface area contributed by atoms with Crippen molar-refractivity contribution in [3.8, 4) is 0 Å². The lowest BCUT2D eigenvalue weighted by molar-refractivity contribution is 0.0727. The highest BCUT2D eigenvalue weighted by atomic mass is 16.2. The summed E-state index contributed by atoms with van der Waals surface area (Å²) in [7, 11) is 0. The molecule has 130 valence electrons. The molecule has 4 rings (SSSR count). The van der Waals surface area contributed by atoms with Gasteiger partial charge in [0.1, 0.15) is 11.5 Å². The summed E-state index contributed by atoms with van der Waals surface area (Å²) in [6, 6.07) is 15.0. The van der Waals surface area contributed by atoms with E-state index in [1.807, 2.05) is 47.4 Å². The number of carbonyl (C=O) groups is 1. The molecule has 1 saturated heterocycles. The maximum atomic E-state index is 12.8. The number of pyridine rings is 3. The summed E-state index contributed by atoms with van der Waals surface area (Å²) in [6.45, 7) is 0.732. The van der Waals surface area contributed by atoms with Crippen LogP contribution in [0.1, 0.15) is 35.1 Å². The Hall–Kier alpha value is -3.28. The van der Waals surface area contributed by atoms with E-state index in [2.05, 4.69) is 20.3 Å². The molecule has 0 aromatic carbocycles. The quantitative estimate of drug-likeness (QED) is 0.782. The molecule has 0 saturated carbocycles. The Morgan fingerprint density at radius 1 is 1.00 bits per heavy atom. The molecular formula is C20H19N5O. The monoisotopic (exact) mass is 345 g/mol. The van der Waals surface area contributed by atoms with E-state index >= 15 is 0 Å². The molecule has 1 unspecified atom stereocenters. The molecule has 1 aliphatic heterocycles. The second-order valence-corrected chi connectivity index (χ2v) is 6.18. The number of nitrogens with zero attached hydrogens (tertiary/aromatic N) is 4. The van der Waals surface area contributed by atoms with Crippen molar-refractivity contribution < 1.29 is 4.79 Å². The molecule has 1 amide bonds. The summed E-state index contributed by atoms with van der Waals surface area (Å²) in [5, 5.41) is 3.22. The van der Waals surface area contributed by atoms with Gasteiger partial charge in [-0.2, -0.15) is 0 Å². The molecule has 6 heteroatoms. The minimum Gasteiger partial charge on any atom is -0.339 e. The Bertz CT molecular complexity index is 868. The van der Waals surface area contributed by atoms with E-state index in [9.17, 15) is 4.79 Å². The average molecular weight is 345 g/mol. The van der Waals surface area contributed by atoms with Crippen LogP contribution >= 0.6 is 0 Å². The highest BCUT2D eigenvalue weighted by Crippen LogP contribution is 2.32. The van der Waals surface area contributed by atoms with Crippen LogP contribution in [0.15, 0.2) is 67.1 Å². The zero-order valence-electron chi connectivity index (χ0n) is 14.2. The van der Waals surface area contributed by atoms with Gasteiger partial charge in [-0.25, -0.2) is 4.98 Å². The van der Waals surface area contributed by atoms with Gasteiger partial charge in [-0.15, -0.1) is 0 Å². The van der Waals surface area contributed by atoms with Gasteiger partial charge >= 0.3 is 0 Å². The first-order valence-corrected chi connectivity index (χ1v) is 8.67. The fourth-order valence-corrected chi connectivity index (χ4v) is 3.21. The van der Waals surface area contributed by atoms with Crippen LogP contribution in [-0.2, 0) is 0 Å². The fourth-order valence-electron chi connectivity index (χ4n) is 3.21. The zero-order valence-corrected chi connectivity index (χ0v) is 14.2. The number of rotatable bonds is 4. The third kappa shape index (κ3) is 3.39.